The van der Waals surface area contributed by atoms with Crippen molar-refractivity contribution in [1.29, 1.82) is 0 Å². The first-order chi connectivity index (χ1) is 40.6. The average Bonchev–Trinajstić information content (AvgIpc) is 3.46. The molecule has 0 aromatic heterocycles. The van der Waals surface area contributed by atoms with Gasteiger partial charge in [-0.1, -0.05) is 317 Å². The zero-order valence-electron chi connectivity index (χ0n) is 54.8. The highest BCUT2D eigenvalue weighted by Gasteiger charge is 2.22. The Morgan fingerprint density at radius 2 is 0.687 bits per heavy atom. The average molecular weight is 1160 g/mol. The number of hydrogen-bond donors (Lipinski definition) is 0. The Morgan fingerprint density at radius 1 is 0.373 bits per heavy atom. The molecule has 0 heterocycles. The smallest absolute Gasteiger partial charge is 0.306 e. The van der Waals surface area contributed by atoms with Crippen molar-refractivity contribution >= 4 is 17.9 Å². The number of allylic oxidation sites excluding steroid dienone is 14. The predicted molar refractivity (Wildman–Crippen MR) is 352 cm³/mol. The van der Waals surface area contributed by atoms with Gasteiger partial charge >= 0.3 is 11.9 Å². The molecule has 0 aliphatic carbocycles. The first kappa shape index (κ1) is 79.5. The highest BCUT2D eigenvalue weighted by atomic mass is 16.7. The number of carboxylic acids is 1. The molecule has 0 aliphatic rings. The highest BCUT2D eigenvalue weighted by Crippen LogP contribution is 2.18. The molecule has 0 aromatic rings. The number of likely N-dealkylation sites (N-methyl/N-ethyl adjacent to an activating group) is 1. The summed E-state index contributed by atoms with van der Waals surface area (Å²) in [6.45, 7) is 4.60. The van der Waals surface area contributed by atoms with Crippen LogP contribution in [0.25, 0.3) is 0 Å². The number of carboxylic acid groups (broad SMARTS) is 1. The molecular weight excluding hydrogens is 1030 g/mol. The molecule has 9 heteroatoms. The third kappa shape index (κ3) is 65.9. The Bertz CT molecular complexity index is 1640. The van der Waals surface area contributed by atoms with E-state index in [4.69, 9.17) is 18.9 Å². The topological polar surface area (TPSA) is 111 Å². The Hall–Kier alpha value is -3.53. The lowest BCUT2D eigenvalue weighted by atomic mass is 10.0. The summed E-state index contributed by atoms with van der Waals surface area (Å²) >= 11 is 0. The number of carbonyl (C=O) groups excluding carboxylic acids is 3. The van der Waals surface area contributed by atoms with Crippen molar-refractivity contribution in [2.45, 2.75) is 322 Å². The third-order valence-corrected chi connectivity index (χ3v) is 15.2. The molecule has 0 bridgehead atoms. The number of nitrogens with zero attached hydrogens (tertiary/aromatic N) is 1. The molecular formula is C74H131NO8. The van der Waals surface area contributed by atoms with Gasteiger partial charge in [-0.15, -0.1) is 0 Å². The molecule has 0 N–H and O–H groups in total. The molecule has 0 amide bonds. The molecule has 83 heavy (non-hydrogen) atoms. The summed E-state index contributed by atoms with van der Waals surface area (Å²) in [6.07, 6.45) is 84.1. The van der Waals surface area contributed by atoms with Crippen LogP contribution in [0.4, 0.5) is 0 Å². The predicted octanol–water partition coefficient (Wildman–Crippen LogP) is 20.1. The number of ether oxygens (including phenoxy) is 4. The minimum absolute atomic E-state index is 0.134. The molecule has 0 aromatic carbocycles. The molecule has 480 valence electrons. The van der Waals surface area contributed by atoms with E-state index in [0.717, 1.165) is 64.2 Å². The summed E-state index contributed by atoms with van der Waals surface area (Å²) in [5, 5.41) is 11.8. The van der Waals surface area contributed by atoms with Gasteiger partial charge in [-0.2, -0.15) is 0 Å². The van der Waals surface area contributed by atoms with Crippen molar-refractivity contribution in [3.63, 3.8) is 0 Å². The van der Waals surface area contributed by atoms with Crippen LogP contribution >= 0.6 is 0 Å². The molecule has 0 rings (SSSR count). The van der Waals surface area contributed by atoms with Crippen LogP contribution in [0.3, 0.4) is 0 Å². The van der Waals surface area contributed by atoms with Gasteiger partial charge in [0, 0.05) is 12.8 Å². The molecule has 0 saturated heterocycles. The van der Waals surface area contributed by atoms with Gasteiger partial charge in [0.1, 0.15) is 13.2 Å². The monoisotopic (exact) mass is 1160 g/mol. The van der Waals surface area contributed by atoms with Crippen LogP contribution in [0, 0.1) is 0 Å². The van der Waals surface area contributed by atoms with E-state index in [-0.39, 0.29) is 38.6 Å². The van der Waals surface area contributed by atoms with E-state index in [2.05, 4.69) is 98.9 Å². The van der Waals surface area contributed by atoms with Gasteiger partial charge < -0.3 is 33.3 Å². The van der Waals surface area contributed by atoms with Gasteiger partial charge in [0.25, 0.3) is 0 Å². The van der Waals surface area contributed by atoms with E-state index in [0.29, 0.717) is 23.9 Å². The number of aliphatic carboxylic acids is 1. The van der Waals surface area contributed by atoms with E-state index in [1.54, 1.807) is 0 Å². The Balaban J connectivity index is 4.11. The molecule has 9 nitrogen and oxygen atoms in total. The van der Waals surface area contributed by atoms with Crippen molar-refractivity contribution in [1.82, 2.24) is 0 Å². The summed E-state index contributed by atoms with van der Waals surface area (Å²) in [5.74, 6) is -2.36. The van der Waals surface area contributed by atoms with Crippen molar-refractivity contribution in [2.75, 3.05) is 47.5 Å². The Morgan fingerprint density at radius 3 is 1.01 bits per heavy atom. The molecule has 2 atom stereocenters. The van der Waals surface area contributed by atoms with Crippen LogP contribution in [-0.4, -0.2) is 82.3 Å². The Labute approximate surface area is 512 Å². The number of rotatable bonds is 64. The lowest BCUT2D eigenvalue weighted by molar-refractivity contribution is -0.870. The number of carbonyl (C=O) groups is 3. The number of quaternary nitrogens is 1. The van der Waals surface area contributed by atoms with Gasteiger partial charge in [-0.3, -0.25) is 9.59 Å². The maximum absolute atomic E-state index is 12.9. The largest absolute Gasteiger partial charge is 0.545 e. The fourth-order valence-corrected chi connectivity index (χ4v) is 9.88. The molecule has 0 saturated carbocycles. The van der Waals surface area contributed by atoms with Crippen molar-refractivity contribution in [2.24, 2.45) is 0 Å². The first-order valence-electron chi connectivity index (χ1n) is 34.7. The zero-order chi connectivity index (χ0) is 60.5. The first-order valence-corrected chi connectivity index (χ1v) is 34.7. The fourth-order valence-electron chi connectivity index (χ4n) is 9.88. The molecule has 0 spiro atoms. The van der Waals surface area contributed by atoms with Crippen LogP contribution in [0.5, 0.6) is 0 Å². The van der Waals surface area contributed by atoms with E-state index in [1.807, 2.05) is 21.1 Å². The number of hydrogen-bond acceptors (Lipinski definition) is 8. The second kappa shape index (κ2) is 64.5. The molecule has 0 fully saturated rings. The minimum atomic E-state index is -1.64. The second-order valence-corrected chi connectivity index (χ2v) is 24.4. The van der Waals surface area contributed by atoms with Gasteiger partial charge in [0.05, 0.1) is 40.3 Å². The van der Waals surface area contributed by atoms with Crippen LogP contribution < -0.4 is 5.11 Å². The SMILES string of the molecule is CC/C=C\C/C=C\C/C=C\C/C=C\C/C=C\C/C=C\C/C=C\CCCC(=O)OC(COC(=O)CCCCCCCCCCCCCCCCCCCCCCCCCCCCCCCCCCCCC)COC(OCC[N+](C)(C)C)C(=O)[O-]. The summed E-state index contributed by atoms with van der Waals surface area (Å²) in [4.78, 5) is 37.4. The maximum Gasteiger partial charge on any atom is 0.306 e. The summed E-state index contributed by atoms with van der Waals surface area (Å²) < 4.78 is 22.7. The lowest BCUT2D eigenvalue weighted by Gasteiger charge is -2.26. The normalized spacial score (nSPS) is 13.2. The minimum Gasteiger partial charge on any atom is -0.545 e. The standard InChI is InChI=1S/C74H131NO8/c1-6-8-10-12-14-16-18-20-22-24-26-28-30-31-32-33-34-35-36-37-38-39-40-41-43-44-46-48-50-52-54-56-58-60-62-64-71(76)81-68-70(69-82-74(73(78)79)80-67-66-75(3,4)5)83-72(77)65-63-61-59-57-55-53-51-49-47-45-42-29-27-25-23-21-19-17-15-13-11-9-7-2/h9,11,15,17,21,23,27,29,45,47,51,53,57,59,70,74H,6-8,10,12-14,16,18-20,22,24-26,28,30-44,46,48-50,52,54-56,58,60-69H2,1-5H3/b11-9-,17-15-,23-21-,29-27-,47-45-,53-51-,59-57-. The summed E-state index contributed by atoms with van der Waals surface area (Å²) in [7, 11) is 5.91. The van der Waals surface area contributed by atoms with Gasteiger partial charge in [-0.05, 0) is 64.2 Å². The third-order valence-electron chi connectivity index (χ3n) is 15.2. The molecule has 2 unspecified atom stereocenters. The molecule has 0 aliphatic heterocycles. The van der Waals surface area contributed by atoms with E-state index >= 15 is 0 Å². The van der Waals surface area contributed by atoms with Crippen molar-refractivity contribution in [3.8, 4) is 0 Å². The highest BCUT2D eigenvalue weighted by molar-refractivity contribution is 5.70. The Kier molecular flexibility index (Phi) is 61.7. The zero-order valence-corrected chi connectivity index (χ0v) is 54.8. The van der Waals surface area contributed by atoms with Crippen LogP contribution in [0.1, 0.15) is 309 Å². The van der Waals surface area contributed by atoms with Gasteiger partial charge in [-0.25, -0.2) is 0 Å². The van der Waals surface area contributed by atoms with E-state index < -0.39 is 24.3 Å². The van der Waals surface area contributed by atoms with Crippen LogP contribution in [0.15, 0.2) is 85.1 Å². The second-order valence-electron chi connectivity index (χ2n) is 24.4. The van der Waals surface area contributed by atoms with Gasteiger partial charge in [0.15, 0.2) is 12.4 Å². The van der Waals surface area contributed by atoms with Gasteiger partial charge in [0.2, 0.25) is 0 Å². The number of esters is 2. The quantitative estimate of drug-likeness (QED) is 0.0195. The van der Waals surface area contributed by atoms with E-state index in [9.17, 15) is 19.5 Å². The van der Waals surface area contributed by atoms with Crippen LogP contribution in [-0.2, 0) is 33.3 Å². The summed E-state index contributed by atoms with van der Waals surface area (Å²) in [5.41, 5.74) is 0. The van der Waals surface area contributed by atoms with Crippen molar-refractivity contribution < 1.29 is 42.9 Å². The van der Waals surface area contributed by atoms with Crippen LogP contribution in [0.2, 0.25) is 0 Å². The maximum atomic E-state index is 12.9. The lowest BCUT2D eigenvalue weighted by Crippen LogP contribution is -2.44. The molecule has 0 radical (unpaired) electrons. The fraction of sp³-hybridized carbons (Fsp3) is 0.770. The van der Waals surface area contributed by atoms with E-state index in [1.165, 1.54) is 205 Å². The number of unbranched alkanes of at least 4 members (excludes halogenated alkanes) is 35. The van der Waals surface area contributed by atoms with Crippen molar-refractivity contribution in [3.05, 3.63) is 85.1 Å². The summed E-state index contributed by atoms with van der Waals surface area (Å²) in [6, 6.07) is 0.